The number of hydrogen-bond donors (Lipinski definition) is 0. The summed E-state index contributed by atoms with van der Waals surface area (Å²) >= 11 is 0. The minimum Gasteiger partial charge on any atom is -0.486 e. The minimum absolute atomic E-state index is 0.653. The maximum absolute atomic E-state index is 5.93. The molecular weight excluding hydrogens is 256 g/mol. The second-order valence-electron chi connectivity index (χ2n) is 6.91. The highest BCUT2D eigenvalue weighted by Gasteiger charge is 2.17. The van der Waals surface area contributed by atoms with Gasteiger partial charge in [-0.05, 0) is 55.2 Å². The molecule has 115 valence electrons. The van der Waals surface area contributed by atoms with Crippen LogP contribution in [0.3, 0.4) is 0 Å². The average Bonchev–Trinajstić information content (AvgIpc) is 3.01. The van der Waals surface area contributed by atoms with Crippen molar-refractivity contribution in [2.75, 3.05) is 0 Å². The van der Waals surface area contributed by atoms with Crippen molar-refractivity contribution in [1.82, 2.24) is 0 Å². The summed E-state index contributed by atoms with van der Waals surface area (Å²) in [5, 5.41) is 0. The Bertz CT molecular complexity index is 394. The van der Waals surface area contributed by atoms with Gasteiger partial charge in [0.1, 0.15) is 12.4 Å². The first-order chi connectivity index (χ1) is 10.4. The zero-order chi connectivity index (χ0) is 14.3. The highest BCUT2D eigenvalue weighted by molar-refractivity contribution is 5.30. The van der Waals surface area contributed by atoms with E-state index in [9.17, 15) is 0 Å². The number of rotatable bonds is 4. The number of hydrogen-bond acceptors (Lipinski definition) is 1. The molecule has 2 aliphatic carbocycles. The van der Waals surface area contributed by atoms with E-state index in [1.54, 1.807) is 0 Å². The van der Waals surface area contributed by atoms with E-state index in [-0.39, 0.29) is 0 Å². The predicted molar refractivity (Wildman–Crippen MR) is 88.4 cm³/mol. The summed E-state index contributed by atoms with van der Waals surface area (Å²) in [6.45, 7) is 2.11. The Kier molecular flexibility index (Phi) is 5.60. The zero-order valence-corrected chi connectivity index (χ0v) is 13.2. The van der Waals surface area contributed by atoms with E-state index in [4.69, 9.17) is 4.74 Å². The molecule has 0 heterocycles. The molecule has 3 rings (SSSR count). The Balaban J connectivity index is 1.48. The topological polar surface area (TPSA) is 9.23 Å². The van der Waals surface area contributed by atoms with Crippen LogP contribution in [0.1, 0.15) is 82.1 Å². The van der Waals surface area contributed by atoms with E-state index < -0.39 is 0 Å². The van der Waals surface area contributed by atoms with Crippen molar-refractivity contribution in [3.05, 3.63) is 36.4 Å². The molecule has 2 aliphatic rings. The van der Waals surface area contributed by atoms with Crippen LogP contribution >= 0.6 is 0 Å². The Morgan fingerprint density at radius 3 is 1.95 bits per heavy atom. The first-order valence-electron chi connectivity index (χ1n) is 9.02. The van der Waals surface area contributed by atoms with Gasteiger partial charge in [0.05, 0.1) is 0 Å². The molecule has 1 aromatic rings. The largest absolute Gasteiger partial charge is 0.486 e. The smallest absolute Gasteiger partial charge is 0.138 e. The SMILES string of the molecule is [CH](Oc1ccc(C2CCCC2)cc1)C1CCCCCCC1. The molecule has 2 fully saturated rings. The standard InChI is InChI=1S/C20H29O/c1-2-4-8-17(9-5-3-1)16-21-20-14-12-19(13-15-20)18-10-6-7-11-18/h12-18H,1-11H2. The van der Waals surface area contributed by atoms with Crippen molar-refractivity contribution in [3.63, 3.8) is 0 Å². The highest BCUT2D eigenvalue weighted by Crippen LogP contribution is 2.34. The van der Waals surface area contributed by atoms with Crippen molar-refractivity contribution in [2.24, 2.45) is 5.92 Å². The summed E-state index contributed by atoms with van der Waals surface area (Å²) in [6.07, 6.45) is 15.1. The van der Waals surface area contributed by atoms with Crippen molar-refractivity contribution >= 4 is 0 Å². The van der Waals surface area contributed by atoms with Gasteiger partial charge in [0.15, 0.2) is 0 Å². The van der Waals surface area contributed by atoms with E-state index in [1.165, 1.54) is 76.2 Å². The third-order valence-electron chi connectivity index (χ3n) is 5.25. The molecule has 1 radical (unpaired) electrons. The van der Waals surface area contributed by atoms with Gasteiger partial charge in [0.2, 0.25) is 0 Å². The quantitative estimate of drug-likeness (QED) is 0.635. The molecule has 2 saturated carbocycles. The van der Waals surface area contributed by atoms with E-state index in [2.05, 4.69) is 30.9 Å². The maximum Gasteiger partial charge on any atom is 0.138 e. The zero-order valence-electron chi connectivity index (χ0n) is 13.2. The molecule has 0 bridgehead atoms. The van der Waals surface area contributed by atoms with Crippen molar-refractivity contribution in [2.45, 2.75) is 76.5 Å². The molecule has 1 aromatic carbocycles. The fraction of sp³-hybridized carbons (Fsp3) is 0.650. The normalized spacial score (nSPS) is 21.9. The Morgan fingerprint density at radius 1 is 0.714 bits per heavy atom. The molecule has 0 amide bonds. The maximum atomic E-state index is 5.93. The average molecular weight is 285 g/mol. The molecule has 0 aromatic heterocycles. The summed E-state index contributed by atoms with van der Waals surface area (Å²) in [5.74, 6) is 2.47. The van der Waals surface area contributed by atoms with Crippen LogP contribution in [0.2, 0.25) is 0 Å². The second kappa shape index (κ2) is 7.87. The molecule has 0 spiro atoms. The molecular formula is C20H29O. The van der Waals surface area contributed by atoms with Gasteiger partial charge >= 0.3 is 0 Å². The Morgan fingerprint density at radius 2 is 1.29 bits per heavy atom. The fourth-order valence-electron chi connectivity index (χ4n) is 3.88. The fourth-order valence-corrected chi connectivity index (χ4v) is 3.88. The molecule has 1 nitrogen and oxygen atoms in total. The lowest BCUT2D eigenvalue weighted by Crippen LogP contribution is -2.08. The van der Waals surface area contributed by atoms with Crippen LogP contribution in [-0.4, -0.2) is 0 Å². The Hall–Kier alpha value is -0.980. The Labute approximate surface area is 130 Å². The predicted octanol–water partition coefficient (Wildman–Crippen LogP) is 6.25. The first kappa shape index (κ1) is 14.9. The second-order valence-corrected chi connectivity index (χ2v) is 6.91. The number of ether oxygens (including phenoxy) is 1. The highest BCUT2D eigenvalue weighted by atomic mass is 16.5. The van der Waals surface area contributed by atoms with Gasteiger partial charge in [-0.25, -0.2) is 0 Å². The van der Waals surface area contributed by atoms with Crippen LogP contribution in [0.5, 0.6) is 5.75 Å². The van der Waals surface area contributed by atoms with Crippen LogP contribution in [0.15, 0.2) is 24.3 Å². The van der Waals surface area contributed by atoms with E-state index in [1.807, 2.05) is 0 Å². The lowest BCUT2D eigenvalue weighted by Gasteiger charge is -2.19. The monoisotopic (exact) mass is 285 g/mol. The number of benzene rings is 1. The van der Waals surface area contributed by atoms with Gasteiger partial charge in [-0.1, -0.05) is 57.1 Å². The van der Waals surface area contributed by atoms with Gasteiger partial charge in [-0.15, -0.1) is 0 Å². The first-order valence-corrected chi connectivity index (χ1v) is 9.02. The summed E-state index contributed by atoms with van der Waals surface area (Å²) < 4.78 is 5.93. The molecule has 0 N–H and O–H groups in total. The molecule has 21 heavy (non-hydrogen) atoms. The van der Waals surface area contributed by atoms with Crippen LogP contribution in [0.25, 0.3) is 0 Å². The third kappa shape index (κ3) is 4.49. The summed E-state index contributed by atoms with van der Waals surface area (Å²) in [4.78, 5) is 0. The van der Waals surface area contributed by atoms with Crippen LogP contribution in [0, 0.1) is 12.5 Å². The van der Waals surface area contributed by atoms with Crippen molar-refractivity contribution in [1.29, 1.82) is 0 Å². The molecule has 1 heteroatoms. The van der Waals surface area contributed by atoms with Gasteiger partial charge < -0.3 is 4.74 Å². The minimum atomic E-state index is 0.653. The molecule has 0 atom stereocenters. The lowest BCUT2D eigenvalue weighted by molar-refractivity contribution is 0.289. The van der Waals surface area contributed by atoms with Crippen molar-refractivity contribution in [3.8, 4) is 5.75 Å². The summed E-state index contributed by atoms with van der Waals surface area (Å²) in [5.41, 5.74) is 1.51. The van der Waals surface area contributed by atoms with E-state index in [0.717, 1.165) is 11.7 Å². The summed E-state index contributed by atoms with van der Waals surface area (Å²) in [7, 11) is 0. The van der Waals surface area contributed by atoms with E-state index >= 15 is 0 Å². The van der Waals surface area contributed by atoms with Crippen LogP contribution in [0.4, 0.5) is 0 Å². The molecule has 0 saturated heterocycles. The lowest BCUT2D eigenvalue weighted by atomic mass is 9.92. The summed E-state index contributed by atoms with van der Waals surface area (Å²) in [6, 6.07) is 8.87. The van der Waals surface area contributed by atoms with Crippen LogP contribution < -0.4 is 4.74 Å². The van der Waals surface area contributed by atoms with E-state index in [0.29, 0.717) is 5.92 Å². The molecule has 0 unspecified atom stereocenters. The third-order valence-corrected chi connectivity index (χ3v) is 5.25. The van der Waals surface area contributed by atoms with Gasteiger partial charge in [0.25, 0.3) is 0 Å². The van der Waals surface area contributed by atoms with Crippen molar-refractivity contribution < 1.29 is 4.74 Å². The van der Waals surface area contributed by atoms with Gasteiger partial charge in [-0.3, -0.25) is 0 Å². The van der Waals surface area contributed by atoms with Gasteiger partial charge in [-0.2, -0.15) is 0 Å². The van der Waals surface area contributed by atoms with Crippen LogP contribution in [-0.2, 0) is 0 Å². The molecule has 0 aliphatic heterocycles. The van der Waals surface area contributed by atoms with Gasteiger partial charge in [0, 0.05) is 0 Å².